The summed E-state index contributed by atoms with van der Waals surface area (Å²) in [4.78, 5) is 37.0. The van der Waals surface area contributed by atoms with E-state index in [0.29, 0.717) is 6.07 Å². The molecule has 0 saturated heterocycles. The molecule has 10 heteroatoms. The van der Waals surface area contributed by atoms with Crippen molar-refractivity contribution in [1.29, 1.82) is 0 Å². The van der Waals surface area contributed by atoms with E-state index >= 15 is 0 Å². The Bertz CT molecular complexity index is 1200. The van der Waals surface area contributed by atoms with Crippen molar-refractivity contribution in [2.24, 2.45) is 7.05 Å². The Morgan fingerprint density at radius 3 is 2.50 bits per heavy atom. The van der Waals surface area contributed by atoms with Gasteiger partial charge in [-0.05, 0) is 30.3 Å². The van der Waals surface area contributed by atoms with Gasteiger partial charge in [-0.2, -0.15) is 13.2 Å². The van der Waals surface area contributed by atoms with E-state index in [1.165, 1.54) is 19.2 Å². The van der Waals surface area contributed by atoms with Crippen LogP contribution in [0.15, 0.2) is 52.1 Å². The molecule has 1 amide bonds. The van der Waals surface area contributed by atoms with Gasteiger partial charge in [-0.1, -0.05) is 23.7 Å². The van der Waals surface area contributed by atoms with Crippen LogP contribution in [0.1, 0.15) is 5.56 Å². The average molecular weight is 412 g/mol. The van der Waals surface area contributed by atoms with E-state index in [-0.39, 0.29) is 21.6 Å². The molecule has 3 aromatic rings. The Morgan fingerprint density at radius 1 is 1.14 bits per heavy atom. The highest BCUT2D eigenvalue weighted by Gasteiger charge is 2.31. The van der Waals surface area contributed by atoms with Gasteiger partial charge in [0.05, 0.1) is 27.2 Å². The zero-order valence-electron chi connectivity index (χ0n) is 14.4. The van der Waals surface area contributed by atoms with E-state index in [4.69, 9.17) is 11.6 Å². The van der Waals surface area contributed by atoms with Gasteiger partial charge in [0, 0.05) is 7.05 Å². The van der Waals surface area contributed by atoms with E-state index in [1.807, 2.05) is 0 Å². The number of rotatable bonds is 3. The van der Waals surface area contributed by atoms with Crippen LogP contribution in [0.2, 0.25) is 5.02 Å². The van der Waals surface area contributed by atoms with Crippen LogP contribution in [-0.4, -0.2) is 15.0 Å². The molecule has 1 heterocycles. The summed E-state index contributed by atoms with van der Waals surface area (Å²) in [5.41, 5.74) is -2.21. The molecule has 2 aromatic carbocycles. The molecule has 0 unspecified atom stereocenters. The molecule has 28 heavy (non-hydrogen) atoms. The first-order valence-corrected chi connectivity index (χ1v) is 8.32. The van der Waals surface area contributed by atoms with Crippen LogP contribution in [0.25, 0.3) is 10.9 Å². The number of nitrogens with one attached hydrogen (secondary N) is 1. The predicted octanol–water partition coefficient (Wildman–Crippen LogP) is 3.01. The molecule has 0 fully saturated rings. The third kappa shape index (κ3) is 3.65. The first-order valence-electron chi connectivity index (χ1n) is 7.95. The molecule has 0 aliphatic heterocycles. The number of benzene rings is 2. The van der Waals surface area contributed by atoms with Crippen molar-refractivity contribution in [1.82, 2.24) is 9.13 Å². The summed E-state index contributed by atoms with van der Waals surface area (Å²) in [6, 6.07) is 8.75. The number of halogens is 4. The summed E-state index contributed by atoms with van der Waals surface area (Å²) < 4.78 is 40.5. The molecular weight excluding hydrogens is 399 g/mol. The summed E-state index contributed by atoms with van der Waals surface area (Å²) in [6.45, 7) is -0.514. The minimum atomic E-state index is -4.60. The summed E-state index contributed by atoms with van der Waals surface area (Å²) in [7, 11) is 1.27. The van der Waals surface area contributed by atoms with Gasteiger partial charge in [0.25, 0.3) is 5.56 Å². The van der Waals surface area contributed by atoms with Gasteiger partial charge < -0.3 is 5.32 Å². The zero-order valence-corrected chi connectivity index (χ0v) is 15.1. The van der Waals surface area contributed by atoms with Gasteiger partial charge >= 0.3 is 11.9 Å². The number of alkyl halides is 3. The monoisotopic (exact) mass is 411 g/mol. The van der Waals surface area contributed by atoms with Crippen LogP contribution >= 0.6 is 11.6 Å². The van der Waals surface area contributed by atoms with Crippen LogP contribution < -0.4 is 16.6 Å². The third-order valence-corrected chi connectivity index (χ3v) is 4.45. The number of hydrogen-bond acceptors (Lipinski definition) is 3. The molecule has 1 aromatic heterocycles. The molecule has 6 nitrogen and oxygen atoms in total. The third-order valence-electron chi connectivity index (χ3n) is 4.12. The second kappa shape index (κ2) is 7.16. The Balaban J connectivity index is 1.98. The summed E-state index contributed by atoms with van der Waals surface area (Å²) >= 11 is 5.87. The van der Waals surface area contributed by atoms with Crippen LogP contribution in [0.4, 0.5) is 18.9 Å². The lowest BCUT2D eigenvalue weighted by Gasteiger charge is -2.14. The Kier molecular flexibility index (Phi) is 5.03. The number of amides is 1. The van der Waals surface area contributed by atoms with E-state index in [2.05, 4.69) is 5.32 Å². The fourth-order valence-electron chi connectivity index (χ4n) is 2.73. The van der Waals surface area contributed by atoms with Crippen LogP contribution in [-0.2, 0) is 24.6 Å². The van der Waals surface area contributed by atoms with E-state index in [0.717, 1.165) is 21.3 Å². The van der Waals surface area contributed by atoms with Crippen molar-refractivity contribution >= 4 is 34.1 Å². The fraction of sp³-hybridized carbons (Fsp3) is 0.167. The molecule has 1 N–H and O–H groups in total. The van der Waals surface area contributed by atoms with Crippen LogP contribution in [0.5, 0.6) is 0 Å². The predicted molar refractivity (Wildman–Crippen MR) is 98.5 cm³/mol. The highest BCUT2D eigenvalue weighted by molar-refractivity contribution is 6.33. The lowest BCUT2D eigenvalue weighted by atomic mass is 10.2. The van der Waals surface area contributed by atoms with Crippen molar-refractivity contribution in [2.45, 2.75) is 12.7 Å². The Morgan fingerprint density at radius 2 is 1.82 bits per heavy atom. The maximum atomic E-state index is 12.9. The lowest BCUT2D eigenvalue weighted by molar-refractivity contribution is -0.137. The summed E-state index contributed by atoms with van der Waals surface area (Å²) in [5, 5.41) is 2.43. The first-order chi connectivity index (χ1) is 13.1. The fourth-order valence-corrected chi connectivity index (χ4v) is 2.89. The highest BCUT2D eigenvalue weighted by Crippen LogP contribution is 2.33. The highest BCUT2D eigenvalue weighted by atomic mass is 35.5. The van der Waals surface area contributed by atoms with Gasteiger partial charge in [-0.25, -0.2) is 4.79 Å². The lowest BCUT2D eigenvalue weighted by Crippen LogP contribution is -2.40. The van der Waals surface area contributed by atoms with Crippen molar-refractivity contribution in [3.63, 3.8) is 0 Å². The number of carbonyl (C=O) groups excluding carboxylic acids is 1. The SMILES string of the molecule is Cn1c(=O)c2ccccc2n(CC(=O)Nc2cc(C(F)(F)F)ccc2Cl)c1=O. The van der Waals surface area contributed by atoms with Gasteiger partial charge in [0.1, 0.15) is 6.54 Å². The number of para-hydroxylation sites is 1. The minimum Gasteiger partial charge on any atom is -0.323 e. The maximum absolute atomic E-state index is 12.9. The molecule has 0 atom stereocenters. The number of fused-ring (bicyclic) bond motifs is 1. The molecule has 0 aliphatic rings. The topological polar surface area (TPSA) is 73.1 Å². The first kappa shape index (κ1) is 19.7. The Hall–Kier alpha value is -3.07. The second-order valence-corrected chi connectivity index (χ2v) is 6.40. The number of carbonyl (C=O) groups is 1. The largest absolute Gasteiger partial charge is 0.416 e. The number of hydrogen-bond donors (Lipinski definition) is 1. The molecule has 146 valence electrons. The summed E-state index contributed by atoms with van der Waals surface area (Å²) in [5.74, 6) is -0.771. The second-order valence-electron chi connectivity index (χ2n) is 5.99. The number of aromatic nitrogens is 2. The van der Waals surface area contributed by atoms with Crippen LogP contribution in [0, 0.1) is 0 Å². The average Bonchev–Trinajstić information content (AvgIpc) is 2.64. The van der Waals surface area contributed by atoms with Crippen LogP contribution in [0.3, 0.4) is 0 Å². The normalized spacial score (nSPS) is 11.6. The smallest absolute Gasteiger partial charge is 0.323 e. The minimum absolute atomic E-state index is 0.0842. The summed E-state index contributed by atoms with van der Waals surface area (Å²) in [6.07, 6.45) is -4.60. The van der Waals surface area contributed by atoms with E-state index in [9.17, 15) is 27.6 Å². The van der Waals surface area contributed by atoms with Crippen molar-refractivity contribution in [3.05, 3.63) is 73.9 Å². The maximum Gasteiger partial charge on any atom is 0.416 e. The Labute approximate surface area is 160 Å². The molecule has 0 radical (unpaired) electrons. The van der Waals surface area contributed by atoms with Gasteiger partial charge in [0.2, 0.25) is 5.91 Å². The molecule has 3 rings (SSSR count). The van der Waals surface area contributed by atoms with E-state index < -0.39 is 35.4 Å². The molecule has 0 saturated carbocycles. The molecule has 0 aliphatic carbocycles. The van der Waals surface area contributed by atoms with Gasteiger partial charge in [0.15, 0.2) is 0 Å². The zero-order chi connectivity index (χ0) is 20.6. The molecular formula is C18H13ClF3N3O3. The molecule has 0 spiro atoms. The molecule has 0 bridgehead atoms. The number of anilines is 1. The van der Waals surface area contributed by atoms with Gasteiger partial charge in [-0.15, -0.1) is 0 Å². The van der Waals surface area contributed by atoms with Crippen molar-refractivity contribution in [3.8, 4) is 0 Å². The van der Waals surface area contributed by atoms with Crippen molar-refractivity contribution in [2.75, 3.05) is 5.32 Å². The number of nitrogens with zero attached hydrogens (tertiary/aromatic N) is 2. The van der Waals surface area contributed by atoms with Crippen molar-refractivity contribution < 1.29 is 18.0 Å². The van der Waals surface area contributed by atoms with E-state index in [1.54, 1.807) is 12.1 Å². The standard InChI is InChI=1S/C18H13ClF3N3O3/c1-24-16(27)11-4-2-3-5-14(11)25(17(24)28)9-15(26)23-13-8-10(18(20,21)22)6-7-12(13)19/h2-8H,9H2,1H3,(H,23,26). The van der Waals surface area contributed by atoms with Gasteiger partial charge in [-0.3, -0.25) is 18.7 Å². The quantitative estimate of drug-likeness (QED) is 0.720.